The molecule has 0 aromatic heterocycles. The molecule has 3 atom stereocenters. The summed E-state index contributed by atoms with van der Waals surface area (Å²) in [6.45, 7) is 8.60. The summed E-state index contributed by atoms with van der Waals surface area (Å²) < 4.78 is 5.85. The van der Waals surface area contributed by atoms with Crippen LogP contribution in [-0.4, -0.2) is 22.9 Å². The lowest BCUT2D eigenvalue weighted by Gasteiger charge is -2.20. The summed E-state index contributed by atoms with van der Waals surface area (Å²) >= 11 is 0. The fourth-order valence-electron chi connectivity index (χ4n) is 2.52. The van der Waals surface area contributed by atoms with Gasteiger partial charge in [-0.25, -0.2) is 0 Å². The monoisotopic (exact) mass is 236 g/mol. The van der Waals surface area contributed by atoms with E-state index < -0.39 is 6.10 Å². The number of hydrogen-bond acceptors (Lipinski definition) is 2. The van der Waals surface area contributed by atoms with Crippen molar-refractivity contribution >= 4 is 0 Å². The lowest BCUT2D eigenvalue weighted by atomic mass is 9.84. The summed E-state index contributed by atoms with van der Waals surface area (Å²) in [5.74, 6) is 0. The Bertz CT molecular complexity index is 354. The lowest BCUT2D eigenvalue weighted by molar-refractivity contribution is 0.252. The number of hydrogen-bond donors (Lipinski definition) is 1. The fraction of sp³-hybridized carbons (Fsp3) is 0.733. The lowest BCUT2D eigenvalue weighted by Crippen LogP contribution is -2.17. The van der Waals surface area contributed by atoms with E-state index in [4.69, 9.17) is 4.74 Å². The molecular weight excluding hydrogens is 212 g/mol. The van der Waals surface area contributed by atoms with Gasteiger partial charge in [-0.3, -0.25) is 0 Å². The maximum atomic E-state index is 9.98. The van der Waals surface area contributed by atoms with Crippen LogP contribution in [0.4, 0.5) is 0 Å². The van der Waals surface area contributed by atoms with Gasteiger partial charge in [-0.15, -0.1) is 0 Å². The maximum Gasteiger partial charge on any atom is 0.0929 e. The summed E-state index contributed by atoms with van der Waals surface area (Å²) in [6.07, 6.45) is 9.20. The second-order valence-electron chi connectivity index (χ2n) is 6.40. The van der Waals surface area contributed by atoms with Crippen molar-refractivity contribution in [1.29, 1.82) is 0 Å². The minimum Gasteiger partial charge on any atom is -0.385 e. The van der Waals surface area contributed by atoms with Crippen LogP contribution in [0.25, 0.3) is 0 Å². The second kappa shape index (κ2) is 4.25. The van der Waals surface area contributed by atoms with Gasteiger partial charge in [0.15, 0.2) is 0 Å². The Balaban J connectivity index is 2.18. The molecule has 1 N–H and O–H groups in total. The number of epoxide rings is 1. The number of aliphatic hydroxyl groups excluding tert-OH is 1. The molecule has 1 heterocycles. The van der Waals surface area contributed by atoms with Crippen molar-refractivity contribution in [2.75, 3.05) is 0 Å². The molecule has 0 aromatic carbocycles. The summed E-state index contributed by atoms with van der Waals surface area (Å²) in [6, 6.07) is 0. The van der Waals surface area contributed by atoms with E-state index in [0.717, 1.165) is 24.8 Å². The van der Waals surface area contributed by atoms with Crippen molar-refractivity contribution < 1.29 is 9.84 Å². The highest BCUT2D eigenvalue weighted by molar-refractivity contribution is 5.17. The highest BCUT2D eigenvalue weighted by atomic mass is 16.6. The standard InChI is InChI=1S/C15H24O2/c1-11-6-5-8-15(4)13(17-15)10-14(2,3)9-7-12(11)16/h6-7,9,12-13,16H,5,8,10H2,1-4H3/b9-7+,11-6+/t12-,13-,15-/m0/s1. The van der Waals surface area contributed by atoms with Crippen molar-refractivity contribution in [3.63, 3.8) is 0 Å². The first kappa shape index (κ1) is 12.8. The van der Waals surface area contributed by atoms with Gasteiger partial charge in [0.2, 0.25) is 0 Å². The van der Waals surface area contributed by atoms with Crippen LogP contribution in [0.15, 0.2) is 23.8 Å². The highest BCUT2D eigenvalue weighted by Crippen LogP contribution is 2.46. The average molecular weight is 236 g/mol. The number of ether oxygens (including phenoxy) is 1. The van der Waals surface area contributed by atoms with Crippen molar-refractivity contribution in [2.24, 2.45) is 5.41 Å². The van der Waals surface area contributed by atoms with Gasteiger partial charge in [0.05, 0.1) is 17.8 Å². The highest BCUT2D eigenvalue weighted by Gasteiger charge is 2.52. The average Bonchev–Trinajstić information content (AvgIpc) is 2.83. The van der Waals surface area contributed by atoms with E-state index >= 15 is 0 Å². The Labute approximate surface area is 104 Å². The molecule has 96 valence electrons. The Kier molecular flexibility index (Phi) is 3.21. The van der Waals surface area contributed by atoms with E-state index in [-0.39, 0.29) is 11.0 Å². The van der Waals surface area contributed by atoms with E-state index in [1.165, 1.54) is 0 Å². The number of allylic oxidation sites excluding steroid dienone is 2. The summed E-state index contributed by atoms with van der Waals surface area (Å²) in [5.41, 5.74) is 1.20. The molecule has 0 radical (unpaired) electrons. The third-order valence-electron chi connectivity index (χ3n) is 4.05. The molecule has 17 heavy (non-hydrogen) atoms. The van der Waals surface area contributed by atoms with Crippen molar-refractivity contribution in [1.82, 2.24) is 0 Å². The van der Waals surface area contributed by atoms with E-state index in [9.17, 15) is 5.11 Å². The van der Waals surface area contributed by atoms with Gasteiger partial charge in [-0.2, -0.15) is 0 Å². The molecule has 0 unspecified atom stereocenters. The van der Waals surface area contributed by atoms with Gasteiger partial charge in [-0.1, -0.05) is 32.1 Å². The van der Waals surface area contributed by atoms with E-state index in [2.05, 4.69) is 32.9 Å². The molecule has 2 rings (SSSR count). The molecule has 1 saturated heterocycles. The zero-order valence-electron chi connectivity index (χ0n) is 11.4. The first-order valence-corrected chi connectivity index (χ1v) is 6.54. The Morgan fingerprint density at radius 1 is 1.35 bits per heavy atom. The van der Waals surface area contributed by atoms with Crippen LogP contribution < -0.4 is 0 Å². The molecular formula is C15H24O2. The van der Waals surface area contributed by atoms with Crippen LogP contribution in [-0.2, 0) is 4.74 Å². The van der Waals surface area contributed by atoms with Gasteiger partial charge in [-0.05, 0) is 44.1 Å². The predicted octanol–water partition coefficient (Wildman–Crippen LogP) is 3.22. The summed E-state index contributed by atoms with van der Waals surface area (Å²) in [7, 11) is 0. The van der Waals surface area contributed by atoms with Crippen LogP contribution in [0.1, 0.15) is 47.0 Å². The molecule has 0 aromatic rings. The quantitative estimate of drug-likeness (QED) is 0.517. The van der Waals surface area contributed by atoms with Crippen LogP contribution in [0.2, 0.25) is 0 Å². The van der Waals surface area contributed by atoms with E-state index in [1.54, 1.807) is 0 Å². The van der Waals surface area contributed by atoms with Crippen LogP contribution >= 0.6 is 0 Å². The molecule has 1 fully saturated rings. The first-order chi connectivity index (χ1) is 7.82. The van der Waals surface area contributed by atoms with Crippen LogP contribution in [0, 0.1) is 5.41 Å². The zero-order chi connectivity index (χ0) is 12.7. The molecule has 0 bridgehead atoms. The maximum absolute atomic E-state index is 9.98. The third kappa shape index (κ3) is 2.99. The van der Waals surface area contributed by atoms with Crippen molar-refractivity contribution in [3.8, 4) is 0 Å². The van der Waals surface area contributed by atoms with E-state index in [1.807, 2.05) is 13.0 Å². The Morgan fingerprint density at radius 2 is 2.06 bits per heavy atom. The van der Waals surface area contributed by atoms with Gasteiger partial charge in [0, 0.05) is 0 Å². The minimum atomic E-state index is -0.433. The second-order valence-corrected chi connectivity index (χ2v) is 6.40. The number of rotatable bonds is 0. The SMILES string of the molecule is C/C1=C\CC[C@]2(C)O[C@H]2CC(C)(C)/C=C/[C@@H]1O. The third-order valence-corrected chi connectivity index (χ3v) is 4.05. The fourth-order valence-corrected chi connectivity index (χ4v) is 2.52. The predicted molar refractivity (Wildman–Crippen MR) is 69.8 cm³/mol. The molecule has 2 nitrogen and oxygen atoms in total. The molecule has 1 aliphatic heterocycles. The number of aliphatic hydroxyl groups is 1. The molecule has 0 spiro atoms. The van der Waals surface area contributed by atoms with Gasteiger partial charge < -0.3 is 9.84 Å². The normalized spacial score (nSPS) is 46.1. The molecule has 0 saturated carbocycles. The number of fused-ring (bicyclic) bond motifs is 1. The first-order valence-electron chi connectivity index (χ1n) is 6.54. The Hall–Kier alpha value is -0.600. The molecule has 2 heteroatoms. The largest absolute Gasteiger partial charge is 0.385 e. The van der Waals surface area contributed by atoms with Gasteiger partial charge >= 0.3 is 0 Å². The summed E-state index contributed by atoms with van der Waals surface area (Å²) in [4.78, 5) is 0. The van der Waals surface area contributed by atoms with Crippen molar-refractivity contribution in [3.05, 3.63) is 23.8 Å². The van der Waals surface area contributed by atoms with Crippen LogP contribution in [0.5, 0.6) is 0 Å². The van der Waals surface area contributed by atoms with E-state index in [0.29, 0.717) is 6.10 Å². The van der Waals surface area contributed by atoms with Gasteiger partial charge in [0.1, 0.15) is 0 Å². The van der Waals surface area contributed by atoms with Crippen LogP contribution in [0.3, 0.4) is 0 Å². The van der Waals surface area contributed by atoms with Gasteiger partial charge in [0.25, 0.3) is 0 Å². The zero-order valence-corrected chi connectivity index (χ0v) is 11.4. The summed E-state index contributed by atoms with van der Waals surface area (Å²) in [5, 5.41) is 9.98. The Morgan fingerprint density at radius 3 is 2.76 bits per heavy atom. The smallest absolute Gasteiger partial charge is 0.0929 e. The molecule has 0 amide bonds. The molecule has 2 aliphatic rings. The topological polar surface area (TPSA) is 32.8 Å². The minimum absolute atomic E-state index is 0.0666. The molecule has 1 aliphatic carbocycles. The van der Waals surface area contributed by atoms with Crippen molar-refractivity contribution in [2.45, 2.75) is 64.8 Å².